The Morgan fingerprint density at radius 3 is 2.46 bits per heavy atom. The van der Waals surface area contributed by atoms with Crippen LogP contribution in [-0.2, 0) is 22.1 Å². The zero-order chi connectivity index (χ0) is 25.8. The highest BCUT2D eigenvalue weighted by atomic mass is 16.5. The van der Waals surface area contributed by atoms with Gasteiger partial charge in [-0.05, 0) is 74.1 Å². The molecule has 1 saturated heterocycles. The van der Waals surface area contributed by atoms with Crippen molar-refractivity contribution in [2.45, 2.75) is 96.4 Å². The van der Waals surface area contributed by atoms with E-state index in [9.17, 15) is 4.79 Å². The van der Waals surface area contributed by atoms with Crippen LogP contribution in [-0.4, -0.2) is 36.8 Å². The fraction of sp³-hybridized carbons (Fsp3) is 0.656. The number of ether oxygens (including phenoxy) is 2. The van der Waals surface area contributed by atoms with Crippen molar-refractivity contribution in [3.63, 3.8) is 0 Å². The molecule has 1 aromatic carbocycles. The van der Waals surface area contributed by atoms with E-state index >= 15 is 0 Å². The number of carbonyl (C=O) groups excluding carboxylic acids is 1. The number of aromatic nitrogens is 1. The van der Waals surface area contributed by atoms with E-state index in [-0.39, 0.29) is 11.3 Å². The maximum absolute atomic E-state index is 13.4. The number of nitrogens with one attached hydrogen (secondary N) is 1. The second-order valence-electron chi connectivity index (χ2n) is 13.3. The van der Waals surface area contributed by atoms with E-state index in [0.29, 0.717) is 23.8 Å². The standard InChI is InChI=1S/C32H44N2O3/c1-21-25(30(35)33-17-23-19-36-20-23)16-28(34(21)18-22-8-6-5-7-9-22)24-14-26(31(2,3)4)29-27(15-24)32(10-11-32)12-13-37-29/h14-16,22-23H,5-13,17-20H2,1-4H3,(H,33,35). The Morgan fingerprint density at radius 1 is 1.05 bits per heavy atom. The van der Waals surface area contributed by atoms with Gasteiger partial charge in [-0.15, -0.1) is 0 Å². The van der Waals surface area contributed by atoms with Crippen molar-refractivity contribution in [3.05, 3.63) is 40.6 Å². The number of fused-ring (bicyclic) bond motifs is 2. The van der Waals surface area contributed by atoms with E-state index in [1.807, 2.05) is 0 Å². The molecule has 6 rings (SSSR count). The van der Waals surface area contributed by atoms with Gasteiger partial charge < -0.3 is 19.4 Å². The summed E-state index contributed by atoms with van der Waals surface area (Å²) in [6.07, 6.45) is 10.2. The van der Waals surface area contributed by atoms with Gasteiger partial charge in [-0.3, -0.25) is 4.79 Å². The largest absolute Gasteiger partial charge is 0.493 e. The molecule has 200 valence electrons. The van der Waals surface area contributed by atoms with Gasteiger partial charge in [-0.2, -0.15) is 0 Å². The molecule has 3 fully saturated rings. The molecular formula is C32H44N2O3. The smallest absolute Gasteiger partial charge is 0.253 e. The first-order chi connectivity index (χ1) is 17.7. The first-order valence-electron chi connectivity index (χ1n) is 14.6. The molecule has 1 aromatic heterocycles. The quantitative estimate of drug-likeness (QED) is 0.486. The number of benzene rings is 1. The van der Waals surface area contributed by atoms with Crippen molar-refractivity contribution in [3.8, 4) is 17.0 Å². The van der Waals surface area contributed by atoms with Crippen LogP contribution < -0.4 is 10.1 Å². The number of hydrogen-bond acceptors (Lipinski definition) is 3. The first-order valence-corrected chi connectivity index (χ1v) is 14.6. The van der Waals surface area contributed by atoms with Crippen molar-refractivity contribution in [1.82, 2.24) is 9.88 Å². The van der Waals surface area contributed by atoms with Crippen molar-refractivity contribution in [2.24, 2.45) is 11.8 Å². The predicted molar refractivity (Wildman–Crippen MR) is 148 cm³/mol. The summed E-state index contributed by atoms with van der Waals surface area (Å²) >= 11 is 0. The van der Waals surface area contributed by atoms with E-state index in [2.05, 4.69) is 55.8 Å². The monoisotopic (exact) mass is 504 g/mol. The van der Waals surface area contributed by atoms with Crippen LogP contribution in [0, 0.1) is 18.8 Å². The lowest BCUT2D eigenvalue weighted by atomic mass is 9.79. The third-order valence-corrected chi connectivity index (χ3v) is 9.48. The Morgan fingerprint density at radius 2 is 1.81 bits per heavy atom. The normalized spacial score (nSPS) is 21.3. The lowest BCUT2D eigenvalue weighted by Crippen LogP contribution is -2.39. The predicted octanol–water partition coefficient (Wildman–Crippen LogP) is 6.53. The summed E-state index contributed by atoms with van der Waals surface area (Å²) in [5, 5.41) is 3.19. The van der Waals surface area contributed by atoms with Crippen LogP contribution in [0.3, 0.4) is 0 Å². The third kappa shape index (κ3) is 4.73. The highest BCUT2D eigenvalue weighted by molar-refractivity contribution is 5.97. The second kappa shape index (κ2) is 9.48. The van der Waals surface area contributed by atoms with Crippen molar-refractivity contribution in [1.29, 1.82) is 0 Å². The van der Waals surface area contributed by atoms with Crippen LogP contribution in [0.4, 0.5) is 0 Å². The molecule has 1 amide bonds. The minimum Gasteiger partial charge on any atom is -0.493 e. The number of rotatable bonds is 6. The van der Waals surface area contributed by atoms with Gasteiger partial charge in [-0.25, -0.2) is 0 Å². The molecule has 5 nitrogen and oxygen atoms in total. The Hall–Kier alpha value is -2.27. The van der Waals surface area contributed by atoms with Crippen molar-refractivity contribution in [2.75, 3.05) is 26.4 Å². The Bertz CT molecular complexity index is 1160. The summed E-state index contributed by atoms with van der Waals surface area (Å²) < 4.78 is 14.1. The molecule has 0 unspecified atom stereocenters. The van der Waals surface area contributed by atoms with Gasteiger partial charge in [0.1, 0.15) is 5.75 Å². The number of carbonyl (C=O) groups is 1. The van der Waals surface area contributed by atoms with Crippen LogP contribution in [0.1, 0.15) is 99.3 Å². The van der Waals surface area contributed by atoms with Crippen LogP contribution in [0.25, 0.3) is 11.3 Å². The molecule has 2 aromatic rings. The molecular weight excluding hydrogens is 460 g/mol. The number of nitrogens with zero attached hydrogens (tertiary/aromatic N) is 1. The maximum Gasteiger partial charge on any atom is 0.253 e. The Labute approximate surface area is 222 Å². The average Bonchev–Trinajstić information content (AvgIpc) is 3.54. The minimum atomic E-state index is -0.0194. The minimum absolute atomic E-state index is 0.0194. The van der Waals surface area contributed by atoms with Gasteiger partial charge >= 0.3 is 0 Å². The van der Waals surface area contributed by atoms with Gasteiger partial charge in [0.15, 0.2) is 0 Å². The molecule has 3 heterocycles. The Balaban J connectivity index is 1.43. The zero-order valence-electron chi connectivity index (χ0n) is 23.3. The molecule has 0 atom stereocenters. The zero-order valence-corrected chi connectivity index (χ0v) is 23.3. The van der Waals surface area contributed by atoms with E-state index in [1.165, 1.54) is 67.3 Å². The Kier molecular flexibility index (Phi) is 6.42. The van der Waals surface area contributed by atoms with E-state index in [1.54, 1.807) is 0 Å². The summed E-state index contributed by atoms with van der Waals surface area (Å²) in [7, 11) is 0. The highest BCUT2D eigenvalue weighted by Crippen LogP contribution is 2.58. The van der Waals surface area contributed by atoms with Gasteiger partial charge in [0.25, 0.3) is 5.91 Å². The fourth-order valence-corrected chi connectivity index (χ4v) is 6.75. The van der Waals surface area contributed by atoms with Crippen LogP contribution in [0.2, 0.25) is 0 Å². The SMILES string of the molecule is Cc1c(C(=O)NCC2COC2)cc(-c2cc(C(C)(C)C)c3c(c2)C2(CCO3)CC2)n1CC1CCCCC1. The van der Waals surface area contributed by atoms with E-state index in [4.69, 9.17) is 9.47 Å². The van der Waals surface area contributed by atoms with Crippen molar-refractivity contribution < 1.29 is 14.3 Å². The third-order valence-electron chi connectivity index (χ3n) is 9.48. The van der Waals surface area contributed by atoms with E-state index in [0.717, 1.165) is 49.8 Å². The molecule has 0 radical (unpaired) electrons. The molecule has 1 spiro atoms. The van der Waals surface area contributed by atoms with Crippen molar-refractivity contribution >= 4 is 5.91 Å². The van der Waals surface area contributed by atoms with Gasteiger partial charge in [0, 0.05) is 46.9 Å². The molecule has 2 aliphatic carbocycles. The summed E-state index contributed by atoms with van der Waals surface area (Å²) in [4.78, 5) is 13.4. The lowest BCUT2D eigenvalue weighted by Gasteiger charge is -2.33. The lowest BCUT2D eigenvalue weighted by molar-refractivity contribution is -0.0298. The summed E-state index contributed by atoms with van der Waals surface area (Å²) in [5.41, 5.74) is 7.32. The number of hydrogen-bond donors (Lipinski definition) is 1. The average molecular weight is 505 g/mol. The first kappa shape index (κ1) is 25.0. The molecule has 0 bridgehead atoms. The van der Waals surface area contributed by atoms with Crippen LogP contribution in [0.15, 0.2) is 18.2 Å². The molecule has 5 heteroatoms. The second-order valence-corrected chi connectivity index (χ2v) is 13.3. The molecule has 37 heavy (non-hydrogen) atoms. The molecule has 2 saturated carbocycles. The summed E-state index contributed by atoms with van der Waals surface area (Å²) in [6.45, 7) is 13.0. The van der Waals surface area contributed by atoms with Gasteiger partial charge in [0.2, 0.25) is 0 Å². The molecule has 4 aliphatic rings. The molecule has 2 aliphatic heterocycles. The summed E-state index contributed by atoms with van der Waals surface area (Å²) in [6, 6.07) is 6.94. The maximum atomic E-state index is 13.4. The number of amides is 1. The fourth-order valence-electron chi connectivity index (χ4n) is 6.75. The van der Waals surface area contributed by atoms with Crippen LogP contribution >= 0.6 is 0 Å². The van der Waals surface area contributed by atoms with Gasteiger partial charge in [0.05, 0.1) is 25.4 Å². The van der Waals surface area contributed by atoms with Gasteiger partial charge in [-0.1, -0.05) is 40.0 Å². The summed E-state index contributed by atoms with van der Waals surface area (Å²) in [5.74, 6) is 2.30. The molecule has 1 N–H and O–H groups in total. The highest BCUT2D eigenvalue weighted by Gasteiger charge is 2.49. The van der Waals surface area contributed by atoms with Crippen LogP contribution in [0.5, 0.6) is 5.75 Å². The van der Waals surface area contributed by atoms with E-state index < -0.39 is 0 Å². The topological polar surface area (TPSA) is 52.5 Å².